The Bertz CT molecular complexity index is 453. The number of rotatable bonds is 3. The van der Waals surface area contributed by atoms with E-state index in [9.17, 15) is 13.2 Å². The quantitative estimate of drug-likeness (QED) is 0.759. The fourth-order valence-electron chi connectivity index (χ4n) is 3.45. The van der Waals surface area contributed by atoms with Gasteiger partial charge in [-0.05, 0) is 26.2 Å². The molecule has 2 aliphatic rings. The normalized spacial score (nSPS) is 26.1. The Balaban J connectivity index is 1.94. The van der Waals surface area contributed by atoms with Gasteiger partial charge in [-0.3, -0.25) is 9.69 Å². The third-order valence-electron chi connectivity index (χ3n) is 4.79. The van der Waals surface area contributed by atoms with E-state index < -0.39 is 9.84 Å². The molecule has 2 rings (SSSR count). The van der Waals surface area contributed by atoms with Gasteiger partial charge in [0.15, 0.2) is 0 Å². The smallest absolute Gasteiger partial charge is 0.222 e. The molecule has 0 radical (unpaired) electrons. The van der Waals surface area contributed by atoms with E-state index in [0.29, 0.717) is 6.42 Å². The number of piperidine rings is 1. The molecule has 1 amide bonds. The van der Waals surface area contributed by atoms with Crippen molar-refractivity contribution in [2.75, 3.05) is 32.1 Å². The van der Waals surface area contributed by atoms with Crippen LogP contribution in [0.4, 0.5) is 0 Å². The van der Waals surface area contributed by atoms with Gasteiger partial charge in [-0.2, -0.15) is 0 Å². The summed E-state index contributed by atoms with van der Waals surface area (Å²) in [4.78, 5) is 15.8. The van der Waals surface area contributed by atoms with Gasteiger partial charge < -0.3 is 4.90 Å². The van der Waals surface area contributed by atoms with Crippen LogP contribution in [0.25, 0.3) is 0 Å². The van der Waals surface area contributed by atoms with Crippen molar-refractivity contribution in [3.8, 4) is 0 Å². The fourth-order valence-corrected chi connectivity index (χ4v) is 4.54. The number of amides is 1. The molecule has 6 heteroatoms. The SMILES string of the molecule is CC(CS(C)(=O)=O)N1CCC2(CCC(=O)N2C)CC1. The van der Waals surface area contributed by atoms with Gasteiger partial charge in [0.05, 0.1) is 5.75 Å². The molecule has 2 fully saturated rings. The van der Waals surface area contributed by atoms with E-state index in [1.54, 1.807) is 0 Å². The van der Waals surface area contributed by atoms with Gasteiger partial charge >= 0.3 is 0 Å². The Kier molecular flexibility index (Phi) is 3.93. The summed E-state index contributed by atoms with van der Waals surface area (Å²) >= 11 is 0. The Hall–Kier alpha value is -0.620. The Labute approximate surface area is 115 Å². The van der Waals surface area contributed by atoms with E-state index in [1.807, 2.05) is 18.9 Å². The van der Waals surface area contributed by atoms with Crippen molar-refractivity contribution in [2.24, 2.45) is 0 Å². The molecule has 0 bridgehead atoms. The van der Waals surface area contributed by atoms with Gasteiger partial charge in [0, 0.05) is 44.4 Å². The molecule has 0 aromatic carbocycles. The molecule has 110 valence electrons. The highest BCUT2D eigenvalue weighted by atomic mass is 32.2. The molecule has 1 spiro atoms. The molecule has 19 heavy (non-hydrogen) atoms. The number of sulfone groups is 1. The van der Waals surface area contributed by atoms with Gasteiger partial charge in [-0.1, -0.05) is 0 Å². The van der Waals surface area contributed by atoms with Crippen LogP contribution < -0.4 is 0 Å². The van der Waals surface area contributed by atoms with Crippen molar-refractivity contribution in [2.45, 2.75) is 44.2 Å². The van der Waals surface area contributed by atoms with Crippen LogP contribution in [0, 0.1) is 0 Å². The molecule has 0 N–H and O–H groups in total. The fraction of sp³-hybridized carbons (Fsp3) is 0.923. The first-order valence-electron chi connectivity index (χ1n) is 6.92. The van der Waals surface area contributed by atoms with Crippen molar-refractivity contribution in [1.82, 2.24) is 9.80 Å². The highest BCUT2D eigenvalue weighted by molar-refractivity contribution is 7.90. The zero-order valence-corrected chi connectivity index (χ0v) is 12.9. The second-order valence-corrected chi connectivity index (χ2v) is 8.34. The average molecular weight is 288 g/mol. The number of carbonyl (C=O) groups is 1. The first kappa shape index (κ1) is 14.8. The molecule has 2 aliphatic heterocycles. The highest BCUT2D eigenvalue weighted by Gasteiger charge is 2.45. The first-order chi connectivity index (χ1) is 8.73. The second kappa shape index (κ2) is 5.05. The zero-order chi connectivity index (χ0) is 14.3. The highest BCUT2D eigenvalue weighted by Crippen LogP contribution is 2.38. The average Bonchev–Trinajstić information content (AvgIpc) is 2.57. The summed E-state index contributed by atoms with van der Waals surface area (Å²) < 4.78 is 22.7. The molecule has 0 aromatic heterocycles. The Morgan fingerprint density at radius 1 is 1.26 bits per heavy atom. The maximum absolute atomic E-state index is 11.7. The van der Waals surface area contributed by atoms with E-state index in [1.165, 1.54) is 6.26 Å². The summed E-state index contributed by atoms with van der Waals surface area (Å²) in [5, 5.41) is 0. The van der Waals surface area contributed by atoms with Crippen LogP contribution in [-0.2, 0) is 14.6 Å². The number of hydrogen-bond acceptors (Lipinski definition) is 4. The second-order valence-electron chi connectivity index (χ2n) is 6.15. The van der Waals surface area contributed by atoms with Gasteiger partial charge in [0.2, 0.25) is 5.91 Å². The lowest BCUT2D eigenvalue weighted by molar-refractivity contribution is -0.130. The third-order valence-corrected chi connectivity index (χ3v) is 5.87. The lowest BCUT2D eigenvalue weighted by Gasteiger charge is -2.45. The zero-order valence-electron chi connectivity index (χ0n) is 12.1. The van der Waals surface area contributed by atoms with Crippen LogP contribution in [0.1, 0.15) is 32.6 Å². The lowest BCUT2D eigenvalue weighted by atomic mass is 9.85. The minimum atomic E-state index is -2.93. The molecule has 2 saturated heterocycles. The minimum Gasteiger partial charge on any atom is -0.340 e. The molecule has 0 aliphatic carbocycles. The van der Waals surface area contributed by atoms with Crippen molar-refractivity contribution in [3.63, 3.8) is 0 Å². The molecular weight excluding hydrogens is 264 g/mol. The van der Waals surface area contributed by atoms with Crippen molar-refractivity contribution in [1.29, 1.82) is 0 Å². The molecule has 0 saturated carbocycles. The number of hydrogen-bond donors (Lipinski definition) is 0. The van der Waals surface area contributed by atoms with Gasteiger partial charge in [-0.15, -0.1) is 0 Å². The minimum absolute atomic E-state index is 0.0401. The maximum atomic E-state index is 11.7. The molecule has 2 heterocycles. The predicted octanol–water partition coefficient (Wildman–Crippen LogP) is 0.506. The monoisotopic (exact) mass is 288 g/mol. The summed E-state index contributed by atoms with van der Waals surface area (Å²) in [5.41, 5.74) is 0.0401. The molecule has 1 atom stereocenters. The van der Waals surface area contributed by atoms with Crippen molar-refractivity contribution >= 4 is 15.7 Å². The predicted molar refractivity (Wildman–Crippen MR) is 74.7 cm³/mol. The molecule has 0 aromatic rings. The van der Waals surface area contributed by atoms with Crippen LogP contribution >= 0.6 is 0 Å². The van der Waals surface area contributed by atoms with Crippen LogP contribution in [0.2, 0.25) is 0 Å². The summed E-state index contributed by atoms with van der Waals surface area (Å²) in [6.07, 6.45) is 4.83. The molecule has 1 unspecified atom stereocenters. The largest absolute Gasteiger partial charge is 0.340 e. The summed E-state index contributed by atoms with van der Waals surface area (Å²) in [6.45, 7) is 3.74. The van der Waals surface area contributed by atoms with E-state index in [-0.39, 0.29) is 23.2 Å². The van der Waals surface area contributed by atoms with Crippen molar-refractivity contribution in [3.05, 3.63) is 0 Å². The third kappa shape index (κ3) is 3.11. The topological polar surface area (TPSA) is 57.7 Å². The van der Waals surface area contributed by atoms with E-state index in [2.05, 4.69) is 4.90 Å². The van der Waals surface area contributed by atoms with Gasteiger partial charge in [0.25, 0.3) is 0 Å². The van der Waals surface area contributed by atoms with Crippen molar-refractivity contribution < 1.29 is 13.2 Å². The summed E-state index contributed by atoms with van der Waals surface area (Å²) in [5.74, 6) is 0.465. The van der Waals surface area contributed by atoms with E-state index in [0.717, 1.165) is 32.4 Å². The summed E-state index contributed by atoms with van der Waals surface area (Å²) in [6, 6.07) is 0.0646. The maximum Gasteiger partial charge on any atom is 0.222 e. The number of nitrogens with zero attached hydrogens (tertiary/aromatic N) is 2. The molecular formula is C13H24N2O3S. The number of likely N-dealkylation sites (tertiary alicyclic amines) is 2. The van der Waals surface area contributed by atoms with E-state index >= 15 is 0 Å². The Morgan fingerprint density at radius 2 is 1.84 bits per heavy atom. The lowest BCUT2D eigenvalue weighted by Crippen LogP contribution is -2.54. The van der Waals surface area contributed by atoms with Gasteiger partial charge in [0.1, 0.15) is 9.84 Å². The van der Waals surface area contributed by atoms with Crippen LogP contribution in [0.15, 0.2) is 0 Å². The van der Waals surface area contributed by atoms with Gasteiger partial charge in [-0.25, -0.2) is 8.42 Å². The number of carbonyl (C=O) groups excluding carboxylic acids is 1. The van der Waals surface area contributed by atoms with Crippen LogP contribution in [0.5, 0.6) is 0 Å². The summed E-state index contributed by atoms with van der Waals surface area (Å²) in [7, 11) is -1.02. The Morgan fingerprint density at radius 3 is 2.26 bits per heavy atom. The van der Waals surface area contributed by atoms with Crippen LogP contribution in [0.3, 0.4) is 0 Å². The first-order valence-corrected chi connectivity index (χ1v) is 8.98. The standard InChI is InChI=1S/C13H24N2O3S/c1-11(10-19(3,17)18)15-8-6-13(7-9-15)5-4-12(16)14(13)2/h11H,4-10H2,1-3H3. The molecule has 5 nitrogen and oxygen atoms in total. The van der Waals surface area contributed by atoms with E-state index in [4.69, 9.17) is 0 Å². The van der Waals surface area contributed by atoms with Crippen LogP contribution in [-0.4, -0.2) is 67.9 Å².